The molecule has 0 saturated carbocycles. The summed E-state index contributed by atoms with van der Waals surface area (Å²) >= 11 is 0. The molecule has 2 rings (SSSR count). The number of aryl methyl sites for hydroxylation is 1. The number of likely N-dealkylation sites (N-methyl/N-ethyl adjacent to an activating group) is 1. The molecule has 9 nitrogen and oxygen atoms in total. The van der Waals surface area contributed by atoms with Crippen LogP contribution in [0.4, 0.5) is 0 Å². The highest BCUT2D eigenvalue weighted by Gasteiger charge is 2.23. The van der Waals surface area contributed by atoms with Crippen molar-refractivity contribution in [1.82, 2.24) is 29.7 Å². The number of carboxylic acid groups (broad SMARTS) is 1. The van der Waals surface area contributed by atoms with Gasteiger partial charge in [-0.15, -0.1) is 5.10 Å². The summed E-state index contributed by atoms with van der Waals surface area (Å²) < 4.78 is 2.80. The Labute approximate surface area is 114 Å². The number of nitrogens with zero attached hydrogens (tertiary/aromatic N) is 6. The Morgan fingerprint density at radius 3 is 2.60 bits per heavy atom. The van der Waals surface area contributed by atoms with Gasteiger partial charge < -0.3 is 10.0 Å². The fraction of sp³-hybridized carbons (Fsp3) is 0.364. The Balaban J connectivity index is 2.48. The van der Waals surface area contributed by atoms with E-state index in [1.54, 1.807) is 27.3 Å². The van der Waals surface area contributed by atoms with Crippen molar-refractivity contribution < 1.29 is 14.7 Å². The van der Waals surface area contributed by atoms with Crippen molar-refractivity contribution in [1.29, 1.82) is 0 Å². The van der Waals surface area contributed by atoms with Gasteiger partial charge in [0, 0.05) is 32.9 Å². The maximum Gasteiger partial charge on any atom is 0.358 e. The number of amides is 1. The lowest BCUT2D eigenvalue weighted by atomic mass is 10.2. The van der Waals surface area contributed by atoms with Gasteiger partial charge >= 0.3 is 5.97 Å². The van der Waals surface area contributed by atoms with E-state index in [4.69, 9.17) is 5.11 Å². The summed E-state index contributed by atoms with van der Waals surface area (Å²) in [5.74, 6) is -1.41. The highest BCUT2D eigenvalue weighted by molar-refractivity contribution is 5.92. The third-order valence-electron chi connectivity index (χ3n) is 2.70. The third-order valence-corrected chi connectivity index (χ3v) is 2.70. The fourth-order valence-electron chi connectivity index (χ4n) is 1.67. The molecule has 106 valence electrons. The van der Waals surface area contributed by atoms with Crippen LogP contribution in [0.1, 0.15) is 10.5 Å². The van der Waals surface area contributed by atoms with Gasteiger partial charge in [-0.25, -0.2) is 9.48 Å². The molecule has 0 spiro atoms. The zero-order chi connectivity index (χ0) is 14.9. The number of carbonyl (C=O) groups is 2. The third kappa shape index (κ3) is 2.51. The fourth-order valence-corrected chi connectivity index (χ4v) is 1.67. The Morgan fingerprint density at radius 1 is 1.40 bits per heavy atom. The first-order valence-corrected chi connectivity index (χ1v) is 5.76. The average Bonchev–Trinajstić information content (AvgIpc) is 2.95. The number of carboxylic acids is 1. The second kappa shape index (κ2) is 5.11. The van der Waals surface area contributed by atoms with Crippen molar-refractivity contribution in [2.45, 2.75) is 6.54 Å². The van der Waals surface area contributed by atoms with Crippen LogP contribution in [0.3, 0.4) is 0 Å². The summed E-state index contributed by atoms with van der Waals surface area (Å²) in [7, 11) is 4.94. The number of aromatic carboxylic acids is 1. The van der Waals surface area contributed by atoms with E-state index in [2.05, 4.69) is 15.4 Å². The smallest absolute Gasteiger partial charge is 0.358 e. The molecule has 2 heterocycles. The molecule has 9 heteroatoms. The van der Waals surface area contributed by atoms with Crippen molar-refractivity contribution in [3.63, 3.8) is 0 Å². The first kappa shape index (κ1) is 13.7. The van der Waals surface area contributed by atoms with Gasteiger partial charge in [0.25, 0.3) is 0 Å². The first-order valence-electron chi connectivity index (χ1n) is 5.76. The Hall–Kier alpha value is -2.71. The van der Waals surface area contributed by atoms with Crippen LogP contribution in [-0.4, -0.2) is 60.8 Å². The predicted octanol–water partition coefficient (Wildman–Crippen LogP) is -0.535. The molecule has 0 aliphatic heterocycles. The molecule has 0 aliphatic carbocycles. The average molecular weight is 278 g/mol. The van der Waals surface area contributed by atoms with Crippen molar-refractivity contribution in [3.8, 4) is 11.3 Å². The summed E-state index contributed by atoms with van der Waals surface area (Å²) in [5.41, 5.74) is 0.604. The van der Waals surface area contributed by atoms with Crippen LogP contribution in [0.15, 0.2) is 12.4 Å². The van der Waals surface area contributed by atoms with Crippen LogP contribution in [0.2, 0.25) is 0 Å². The zero-order valence-electron chi connectivity index (χ0n) is 11.3. The molecule has 2 aromatic rings. The van der Waals surface area contributed by atoms with Crippen LogP contribution in [0, 0.1) is 0 Å². The number of aromatic nitrogens is 5. The molecular formula is C11H14N6O3. The molecule has 0 radical (unpaired) electrons. The van der Waals surface area contributed by atoms with E-state index in [-0.39, 0.29) is 23.8 Å². The molecule has 20 heavy (non-hydrogen) atoms. The minimum atomic E-state index is -1.20. The second-order valence-corrected chi connectivity index (χ2v) is 4.44. The van der Waals surface area contributed by atoms with Crippen LogP contribution in [0.5, 0.6) is 0 Å². The lowest BCUT2D eigenvalue weighted by Crippen LogP contribution is -2.27. The van der Waals surface area contributed by atoms with Gasteiger partial charge in [-0.05, 0) is 0 Å². The first-order chi connectivity index (χ1) is 9.40. The highest BCUT2D eigenvalue weighted by Crippen LogP contribution is 2.21. The molecule has 1 amide bonds. The maximum absolute atomic E-state index is 11.7. The van der Waals surface area contributed by atoms with Gasteiger partial charge in [0.05, 0.1) is 6.20 Å². The van der Waals surface area contributed by atoms with Crippen LogP contribution in [0.25, 0.3) is 11.3 Å². The Bertz CT molecular complexity index is 657. The normalized spacial score (nSPS) is 10.6. The van der Waals surface area contributed by atoms with E-state index >= 15 is 0 Å². The number of hydrogen-bond acceptors (Lipinski definition) is 5. The topological polar surface area (TPSA) is 106 Å². The monoisotopic (exact) mass is 278 g/mol. The van der Waals surface area contributed by atoms with E-state index in [0.717, 1.165) is 0 Å². The van der Waals surface area contributed by atoms with Gasteiger partial charge in [-0.1, -0.05) is 5.21 Å². The standard InChI is InChI=1S/C11H14N6O3/c1-15(2)8(18)6-17-10(7-4-12-16(3)5-7)9(11(19)20)13-14-17/h4-5H,6H2,1-3H3,(H,19,20). The van der Waals surface area contributed by atoms with Crippen molar-refractivity contribution in [2.24, 2.45) is 7.05 Å². The summed E-state index contributed by atoms with van der Waals surface area (Å²) in [6.07, 6.45) is 3.14. The van der Waals surface area contributed by atoms with Crippen LogP contribution in [-0.2, 0) is 18.4 Å². The van der Waals surface area contributed by atoms with E-state index in [9.17, 15) is 9.59 Å². The lowest BCUT2D eigenvalue weighted by molar-refractivity contribution is -0.129. The zero-order valence-corrected chi connectivity index (χ0v) is 11.3. The Morgan fingerprint density at radius 2 is 2.10 bits per heavy atom. The highest BCUT2D eigenvalue weighted by atomic mass is 16.4. The van der Waals surface area contributed by atoms with Gasteiger partial charge in [0.15, 0.2) is 5.69 Å². The van der Waals surface area contributed by atoms with Crippen molar-refractivity contribution >= 4 is 11.9 Å². The molecule has 0 aliphatic rings. The maximum atomic E-state index is 11.7. The molecule has 0 unspecified atom stereocenters. The van der Waals surface area contributed by atoms with Crippen LogP contribution < -0.4 is 0 Å². The van der Waals surface area contributed by atoms with Crippen molar-refractivity contribution in [2.75, 3.05) is 14.1 Å². The molecule has 0 saturated heterocycles. The largest absolute Gasteiger partial charge is 0.476 e. The summed E-state index contributed by atoms with van der Waals surface area (Å²) in [4.78, 5) is 24.3. The second-order valence-electron chi connectivity index (χ2n) is 4.44. The summed E-state index contributed by atoms with van der Waals surface area (Å²) in [5, 5.41) is 20.5. The molecule has 1 N–H and O–H groups in total. The minimum Gasteiger partial charge on any atom is -0.476 e. The van der Waals surface area contributed by atoms with Gasteiger partial charge in [0.1, 0.15) is 12.2 Å². The van der Waals surface area contributed by atoms with E-state index in [1.807, 2.05) is 0 Å². The quantitative estimate of drug-likeness (QED) is 0.805. The van der Waals surface area contributed by atoms with E-state index in [1.165, 1.54) is 20.5 Å². The summed E-state index contributed by atoms with van der Waals surface area (Å²) in [6, 6.07) is 0. The minimum absolute atomic E-state index is 0.0858. The number of hydrogen-bond donors (Lipinski definition) is 1. The molecule has 0 atom stereocenters. The van der Waals surface area contributed by atoms with Gasteiger partial charge in [0.2, 0.25) is 5.91 Å². The molecule has 0 bridgehead atoms. The lowest BCUT2D eigenvalue weighted by Gasteiger charge is -2.11. The molecule has 0 aromatic carbocycles. The van der Waals surface area contributed by atoms with Crippen LogP contribution >= 0.6 is 0 Å². The molecule has 0 fully saturated rings. The van der Waals surface area contributed by atoms with Gasteiger partial charge in [-0.2, -0.15) is 5.10 Å². The van der Waals surface area contributed by atoms with E-state index in [0.29, 0.717) is 5.56 Å². The predicted molar refractivity (Wildman–Crippen MR) is 67.9 cm³/mol. The molecule has 2 aromatic heterocycles. The Kier molecular flexibility index (Phi) is 3.51. The summed E-state index contributed by atoms with van der Waals surface area (Å²) in [6.45, 7) is -0.0858. The van der Waals surface area contributed by atoms with Crippen molar-refractivity contribution in [3.05, 3.63) is 18.1 Å². The number of carbonyl (C=O) groups excluding carboxylic acids is 1. The SMILES string of the molecule is CN(C)C(=O)Cn1nnc(C(=O)O)c1-c1cnn(C)c1. The number of rotatable bonds is 4. The molecular weight excluding hydrogens is 264 g/mol. The van der Waals surface area contributed by atoms with Gasteiger partial charge in [-0.3, -0.25) is 9.48 Å². The van der Waals surface area contributed by atoms with E-state index < -0.39 is 5.97 Å².